The SMILES string of the molecule is Cc1cc(C)cc(O[C@H](C)C(=O)Nc2c(F)cccc2F)c1. The van der Waals surface area contributed by atoms with Crippen molar-refractivity contribution in [1.29, 1.82) is 0 Å². The van der Waals surface area contributed by atoms with Gasteiger partial charge in [-0.05, 0) is 56.2 Å². The van der Waals surface area contributed by atoms with E-state index in [1.54, 1.807) is 12.1 Å². The lowest BCUT2D eigenvalue weighted by atomic mass is 10.1. The molecule has 2 aromatic carbocycles. The van der Waals surface area contributed by atoms with Crippen LogP contribution in [0, 0.1) is 25.5 Å². The van der Waals surface area contributed by atoms with Gasteiger partial charge in [-0.3, -0.25) is 4.79 Å². The van der Waals surface area contributed by atoms with Crippen LogP contribution in [0.5, 0.6) is 5.75 Å². The first-order chi connectivity index (χ1) is 10.4. The zero-order chi connectivity index (χ0) is 16.3. The number of nitrogens with one attached hydrogen (secondary N) is 1. The van der Waals surface area contributed by atoms with Gasteiger partial charge in [-0.25, -0.2) is 8.78 Å². The highest BCUT2D eigenvalue weighted by atomic mass is 19.1. The smallest absolute Gasteiger partial charge is 0.265 e. The summed E-state index contributed by atoms with van der Waals surface area (Å²) in [7, 11) is 0. The number of aryl methyl sites for hydroxylation is 2. The molecule has 116 valence electrons. The van der Waals surface area contributed by atoms with Gasteiger partial charge in [0.25, 0.3) is 5.91 Å². The Morgan fingerprint density at radius 2 is 1.64 bits per heavy atom. The van der Waals surface area contributed by atoms with Crippen LogP contribution in [0.25, 0.3) is 0 Å². The molecule has 0 aliphatic rings. The van der Waals surface area contributed by atoms with Crippen LogP contribution in [-0.2, 0) is 4.79 Å². The number of benzene rings is 2. The van der Waals surface area contributed by atoms with Crippen LogP contribution < -0.4 is 10.1 Å². The van der Waals surface area contributed by atoms with E-state index in [-0.39, 0.29) is 0 Å². The summed E-state index contributed by atoms with van der Waals surface area (Å²) in [5.74, 6) is -1.74. The zero-order valence-corrected chi connectivity index (χ0v) is 12.6. The Kier molecular flexibility index (Phi) is 4.75. The molecule has 0 saturated heterocycles. The molecule has 0 aromatic heterocycles. The van der Waals surface area contributed by atoms with E-state index in [4.69, 9.17) is 4.74 Å². The van der Waals surface area contributed by atoms with Gasteiger partial charge >= 0.3 is 0 Å². The molecule has 1 amide bonds. The Bertz CT molecular complexity index is 661. The molecule has 0 radical (unpaired) electrons. The van der Waals surface area contributed by atoms with Crippen molar-refractivity contribution in [2.24, 2.45) is 0 Å². The Labute approximate surface area is 127 Å². The third-order valence-corrected chi connectivity index (χ3v) is 3.09. The molecular formula is C17H17F2NO2. The van der Waals surface area contributed by atoms with Crippen LogP contribution in [0.4, 0.5) is 14.5 Å². The number of carbonyl (C=O) groups is 1. The first-order valence-electron chi connectivity index (χ1n) is 6.86. The van der Waals surface area contributed by atoms with Crippen molar-refractivity contribution >= 4 is 11.6 Å². The zero-order valence-electron chi connectivity index (χ0n) is 12.6. The molecule has 2 aromatic rings. The summed E-state index contributed by atoms with van der Waals surface area (Å²) in [6, 6.07) is 8.95. The van der Waals surface area contributed by atoms with E-state index < -0.39 is 29.3 Å². The Hall–Kier alpha value is -2.43. The Morgan fingerprint density at radius 1 is 1.09 bits per heavy atom. The largest absolute Gasteiger partial charge is 0.481 e. The second kappa shape index (κ2) is 6.56. The highest BCUT2D eigenvalue weighted by Gasteiger charge is 2.18. The summed E-state index contributed by atoms with van der Waals surface area (Å²) in [4.78, 5) is 12.0. The minimum absolute atomic E-state index is 0.469. The average molecular weight is 305 g/mol. The molecule has 1 N–H and O–H groups in total. The van der Waals surface area contributed by atoms with E-state index >= 15 is 0 Å². The number of halogens is 2. The topological polar surface area (TPSA) is 38.3 Å². The first kappa shape index (κ1) is 15.9. The van der Waals surface area contributed by atoms with Crippen LogP contribution >= 0.6 is 0 Å². The Morgan fingerprint density at radius 3 is 2.18 bits per heavy atom. The van der Waals surface area contributed by atoms with Gasteiger partial charge in [0.15, 0.2) is 6.10 Å². The number of rotatable bonds is 4. The molecule has 5 heteroatoms. The van der Waals surface area contributed by atoms with Gasteiger partial charge in [0.1, 0.15) is 23.1 Å². The Balaban J connectivity index is 2.09. The minimum Gasteiger partial charge on any atom is -0.481 e. The predicted octanol–water partition coefficient (Wildman–Crippen LogP) is 3.99. The quantitative estimate of drug-likeness (QED) is 0.927. The van der Waals surface area contributed by atoms with Crippen LogP contribution in [-0.4, -0.2) is 12.0 Å². The van der Waals surface area contributed by atoms with Gasteiger partial charge < -0.3 is 10.1 Å². The van der Waals surface area contributed by atoms with E-state index in [1.165, 1.54) is 13.0 Å². The van der Waals surface area contributed by atoms with E-state index in [2.05, 4.69) is 5.32 Å². The molecule has 22 heavy (non-hydrogen) atoms. The van der Waals surface area contributed by atoms with E-state index in [9.17, 15) is 13.6 Å². The van der Waals surface area contributed by atoms with Crippen molar-refractivity contribution in [3.63, 3.8) is 0 Å². The summed E-state index contributed by atoms with van der Waals surface area (Å²) in [6.45, 7) is 5.35. The molecule has 0 saturated carbocycles. The molecular weight excluding hydrogens is 288 g/mol. The second-order valence-electron chi connectivity index (χ2n) is 5.17. The molecule has 0 aliphatic carbocycles. The number of anilines is 1. The number of ether oxygens (including phenoxy) is 1. The summed E-state index contributed by atoms with van der Waals surface area (Å²) in [6.07, 6.45) is -0.889. The minimum atomic E-state index is -0.889. The highest BCUT2D eigenvalue weighted by Crippen LogP contribution is 2.20. The van der Waals surface area contributed by atoms with Crippen molar-refractivity contribution in [2.45, 2.75) is 26.9 Å². The first-order valence-corrected chi connectivity index (χ1v) is 6.86. The fourth-order valence-electron chi connectivity index (χ4n) is 2.10. The van der Waals surface area contributed by atoms with E-state index in [0.29, 0.717) is 5.75 Å². The molecule has 0 spiro atoms. The summed E-state index contributed by atoms with van der Waals surface area (Å²) < 4.78 is 32.6. The summed E-state index contributed by atoms with van der Waals surface area (Å²) in [5.41, 5.74) is 1.54. The fraction of sp³-hybridized carbons (Fsp3) is 0.235. The molecule has 3 nitrogen and oxygen atoms in total. The van der Waals surface area contributed by atoms with Gasteiger partial charge in [0.05, 0.1) is 0 Å². The van der Waals surface area contributed by atoms with Crippen LogP contribution in [0.15, 0.2) is 36.4 Å². The molecule has 1 atom stereocenters. The molecule has 0 aliphatic heterocycles. The van der Waals surface area contributed by atoms with Crippen molar-refractivity contribution in [3.05, 3.63) is 59.2 Å². The standard InChI is InChI=1S/C17H17F2NO2/c1-10-7-11(2)9-13(8-10)22-12(3)17(21)20-16-14(18)5-4-6-15(16)19/h4-9,12H,1-3H3,(H,20,21)/t12-/m1/s1. The van der Waals surface area contributed by atoms with Gasteiger partial charge in [0.2, 0.25) is 0 Å². The normalized spacial score (nSPS) is 11.9. The highest BCUT2D eigenvalue weighted by molar-refractivity contribution is 5.94. The maximum absolute atomic E-state index is 13.5. The van der Waals surface area contributed by atoms with E-state index in [0.717, 1.165) is 23.3 Å². The van der Waals surface area contributed by atoms with Crippen LogP contribution in [0.1, 0.15) is 18.1 Å². The molecule has 0 fully saturated rings. The monoisotopic (exact) mass is 305 g/mol. The lowest BCUT2D eigenvalue weighted by molar-refractivity contribution is -0.122. The van der Waals surface area contributed by atoms with Crippen molar-refractivity contribution in [2.75, 3.05) is 5.32 Å². The van der Waals surface area contributed by atoms with Crippen molar-refractivity contribution in [1.82, 2.24) is 0 Å². The third-order valence-electron chi connectivity index (χ3n) is 3.09. The van der Waals surface area contributed by atoms with Gasteiger partial charge in [-0.15, -0.1) is 0 Å². The maximum atomic E-state index is 13.5. The summed E-state index contributed by atoms with van der Waals surface area (Å²) >= 11 is 0. The molecule has 0 bridgehead atoms. The molecule has 0 unspecified atom stereocenters. The lowest BCUT2D eigenvalue weighted by Gasteiger charge is -2.16. The molecule has 0 heterocycles. The van der Waals surface area contributed by atoms with Gasteiger partial charge in [0, 0.05) is 0 Å². The average Bonchev–Trinajstić information content (AvgIpc) is 2.41. The lowest BCUT2D eigenvalue weighted by Crippen LogP contribution is -2.30. The number of carbonyl (C=O) groups excluding carboxylic acids is 1. The summed E-state index contributed by atoms with van der Waals surface area (Å²) in [5, 5.41) is 2.21. The predicted molar refractivity (Wildman–Crippen MR) is 81.0 cm³/mol. The number of hydrogen-bond acceptors (Lipinski definition) is 2. The van der Waals surface area contributed by atoms with Crippen molar-refractivity contribution < 1.29 is 18.3 Å². The van der Waals surface area contributed by atoms with Crippen LogP contribution in [0.2, 0.25) is 0 Å². The van der Waals surface area contributed by atoms with Gasteiger partial charge in [-0.1, -0.05) is 12.1 Å². The van der Waals surface area contributed by atoms with Crippen molar-refractivity contribution in [3.8, 4) is 5.75 Å². The van der Waals surface area contributed by atoms with Gasteiger partial charge in [-0.2, -0.15) is 0 Å². The maximum Gasteiger partial charge on any atom is 0.265 e. The third kappa shape index (κ3) is 3.81. The second-order valence-corrected chi connectivity index (χ2v) is 5.17. The molecule has 2 rings (SSSR count). The van der Waals surface area contributed by atoms with Crippen LogP contribution in [0.3, 0.4) is 0 Å². The number of hydrogen-bond donors (Lipinski definition) is 1. The number of para-hydroxylation sites is 1. The number of amides is 1. The van der Waals surface area contributed by atoms with E-state index in [1.807, 2.05) is 19.9 Å². The fourth-order valence-corrected chi connectivity index (χ4v) is 2.10.